The molecule has 0 aliphatic carbocycles. The Morgan fingerprint density at radius 3 is 1.00 bits per heavy atom. The minimum absolute atomic E-state index is 0. The molecule has 0 aliphatic rings. The monoisotopic (exact) mass is 110 g/mol. The Kier molecular flexibility index (Phi) is 460. The molecule has 0 bridgehead atoms. The largest absolute Gasteiger partial charge is 1.00 e. The standard InChI is InChI=1S/ClO.Na.2H2O/c1-2;;;/h;;2*1H2/q-1;+1;;. The van der Waals surface area contributed by atoms with Crippen LogP contribution in [0.15, 0.2) is 0 Å². The molecule has 0 aromatic heterocycles. The average Bonchev–Trinajstić information content (AvgIpc) is 1.00. The Morgan fingerprint density at radius 1 is 1.00 bits per heavy atom. The molecular weight excluding hydrogens is 106 g/mol. The van der Waals surface area contributed by atoms with Crippen molar-refractivity contribution in [2.24, 2.45) is 0 Å². The van der Waals surface area contributed by atoms with Crippen molar-refractivity contribution in [3.63, 3.8) is 0 Å². The normalized spacial score (nSPS) is 1.20. The average molecular weight is 110 g/mol. The quantitative estimate of drug-likeness (QED) is 0.287. The van der Waals surface area contributed by atoms with Crippen LogP contribution in [0.25, 0.3) is 0 Å². The summed E-state index contributed by atoms with van der Waals surface area (Å²) >= 11 is 3.39. The molecule has 0 aromatic carbocycles. The molecule has 0 atom stereocenters. The van der Waals surface area contributed by atoms with Crippen LogP contribution in [0.3, 0.4) is 0 Å². The van der Waals surface area contributed by atoms with E-state index in [2.05, 4.69) is 11.9 Å². The molecule has 0 unspecified atom stereocenters. The van der Waals surface area contributed by atoms with Crippen LogP contribution in [0.2, 0.25) is 0 Å². The van der Waals surface area contributed by atoms with E-state index in [4.69, 9.17) is 4.66 Å². The Morgan fingerprint density at radius 2 is 1.00 bits per heavy atom. The zero-order valence-corrected chi connectivity index (χ0v) is 5.54. The Bertz CT molecular complexity index is 6.85. The van der Waals surface area contributed by atoms with Crippen LogP contribution in [0.4, 0.5) is 0 Å². The van der Waals surface area contributed by atoms with Crippen LogP contribution in [0, 0.1) is 0 Å². The van der Waals surface area contributed by atoms with Crippen molar-refractivity contribution < 1.29 is 45.2 Å². The molecule has 5 heteroatoms. The first kappa shape index (κ1) is 35.0. The molecule has 3 nitrogen and oxygen atoms in total. The molecule has 0 amide bonds. The van der Waals surface area contributed by atoms with E-state index in [0.29, 0.717) is 0 Å². The van der Waals surface area contributed by atoms with Gasteiger partial charge in [-0.1, -0.05) is 0 Å². The zero-order valence-electron chi connectivity index (χ0n) is 2.79. The van der Waals surface area contributed by atoms with Crippen LogP contribution in [0.1, 0.15) is 0 Å². The summed E-state index contributed by atoms with van der Waals surface area (Å²) in [5.74, 6) is 0. The van der Waals surface area contributed by atoms with Gasteiger partial charge in [0, 0.05) is 0 Å². The maximum atomic E-state index is 7.72. The molecule has 4 N–H and O–H groups in total. The van der Waals surface area contributed by atoms with Gasteiger partial charge in [-0.3, -0.25) is 0 Å². The molecule has 0 saturated heterocycles. The second-order valence-electron chi connectivity index (χ2n) is 0. The van der Waals surface area contributed by atoms with Crippen molar-refractivity contribution in [3.8, 4) is 0 Å². The minimum Gasteiger partial charge on any atom is -0.769 e. The predicted molar refractivity (Wildman–Crippen MR) is 13.1 cm³/mol. The van der Waals surface area contributed by atoms with Crippen molar-refractivity contribution in [3.05, 3.63) is 0 Å². The minimum atomic E-state index is 0. The Labute approximate surface area is 57.0 Å². The van der Waals surface area contributed by atoms with Crippen LogP contribution >= 0.6 is 11.9 Å². The zero-order chi connectivity index (χ0) is 2.00. The van der Waals surface area contributed by atoms with Gasteiger partial charge < -0.3 is 15.6 Å². The molecule has 30 valence electrons. The van der Waals surface area contributed by atoms with Gasteiger partial charge in [0.25, 0.3) is 0 Å². The van der Waals surface area contributed by atoms with Crippen molar-refractivity contribution >= 4 is 11.9 Å². The summed E-state index contributed by atoms with van der Waals surface area (Å²) in [6.45, 7) is 0. The third-order valence-electron chi connectivity index (χ3n) is 0. The first-order valence-electron chi connectivity index (χ1n) is 0.154. The van der Waals surface area contributed by atoms with E-state index in [1.807, 2.05) is 0 Å². The maximum Gasteiger partial charge on any atom is 1.00 e. The van der Waals surface area contributed by atoms with Gasteiger partial charge in [-0.25, -0.2) is 11.9 Å². The van der Waals surface area contributed by atoms with E-state index in [1.165, 1.54) is 0 Å². The Hall–Kier alpha value is 1.17. The summed E-state index contributed by atoms with van der Waals surface area (Å²) in [4.78, 5) is 0. The summed E-state index contributed by atoms with van der Waals surface area (Å²) in [5, 5.41) is 0. The summed E-state index contributed by atoms with van der Waals surface area (Å²) < 4.78 is 7.72. The SMILES string of the molecule is O.O.[Na+].[O-]Cl. The van der Waals surface area contributed by atoms with Gasteiger partial charge in [0.1, 0.15) is 0 Å². The summed E-state index contributed by atoms with van der Waals surface area (Å²) in [5.41, 5.74) is 0. The molecule has 0 rings (SSSR count). The van der Waals surface area contributed by atoms with Gasteiger partial charge in [0.15, 0.2) is 0 Å². The summed E-state index contributed by atoms with van der Waals surface area (Å²) in [7, 11) is 0. The summed E-state index contributed by atoms with van der Waals surface area (Å²) in [6, 6.07) is 0. The first-order valence-corrected chi connectivity index (χ1v) is 0.463. The van der Waals surface area contributed by atoms with Crippen LogP contribution in [-0.2, 0) is 0 Å². The van der Waals surface area contributed by atoms with E-state index in [0.717, 1.165) is 0 Å². The molecule has 0 radical (unpaired) electrons. The number of rotatable bonds is 0. The van der Waals surface area contributed by atoms with Crippen molar-refractivity contribution in [1.82, 2.24) is 0 Å². The first-order chi connectivity index (χ1) is 1.00. The number of hydrogen-bond acceptors (Lipinski definition) is 1. The van der Waals surface area contributed by atoms with Gasteiger partial charge in [-0.15, -0.1) is 0 Å². The molecular formula is H4ClNaO3. The predicted octanol–water partition coefficient (Wildman–Crippen LogP) is -5.14. The smallest absolute Gasteiger partial charge is 0.769 e. The van der Waals surface area contributed by atoms with E-state index in [-0.39, 0.29) is 40.5 Å². The molecule has 0 spiro atoms. The van der Waals surface area contributed by atoms with E-state index in [9.17, 15) is 0 Å². The topological polar surface area (TPSA) is 86.1 Å². The van der Waals surface area contributed by atoms with Crippen molar-refractivity contribution in [2.75, 3.05) is 0 Å². The maximum absolute atomic E-state index is 7.72. The second kappa shape index (κ2) is 65.7. The van der Waals surface area contributed by atoms with Crippen molar-refractivity contribution in [1.29, 1.82) is 0 Å². The van der Waals surface area contributed by atoms with Gasteiger partial charge in [-0.05, 0) is 0 Å². The molecule has 0 fully saturated rings. The molecule has 0 saturated carbocycles. The van der Waals surface area contributed by atoms with E-state index < -0.39 is 0 Å². The number of halogens is 1. The Balaban J connectivity index is -0.00000000167. The second-order valence-corrected chi connectivity index (χ2v) is 0. The van der Waals surface area contributed by atoms with Crippen LogP contribution < -0.4 is 34.2 Å². The van der Waals surface area contributed by atoms with Crippen LogP contribution in [-0.4, -0.2) is 11.0 Å². The fraction of sp³-hybridized carbons (Fsp3) is 0. The number of hydrogen-bond donors (Lipinski definition) is 0. The molecule has 0 heterocycles. The molecule has 5 heavy (non-hydrogen) atoms. The molecule has 0 aliphatic heterocycles. The third-order valence-corrected chi connectivity index (χ3v) is 0. The summed E-state index contributed by atoms with van der Waals surface area (Å²) in [6.07, 6.45) is 0. The molecule has 0 aromatic rings. The van der Waals surface area contributed by atoms with Crippen molar-refractivity contribution in [2.45, 2.75) is 0 Å². The van der Waals surface area contributed by atoms with E-state index >= 15 is 0 Å². The van der Waals surface area contributed by atoms with Gasteiger partial charge >= 0.3 is 29.6 Å². The van der Waals surface area contributed by atoms with E-state index in [1.54, 1.807) is 0 Å². The van der Waals surface area contributed by atoms with Crippen LogP contribution in [0.5, 0.6) is 0 Å². The van der Waals surface area contributed by atoms with Gasteiger partial charge in [0.2, 0.25) is 0 Å². The van der Waals surface area contributed by atoms with Gasteiger partial charge in [0.05, 0.1) is 0 Å². The fourth-order valence-electron chi connectivity index (χ4n) is 0. The fourth-order valence-corrected chi connectivity index (χ4v) is 0. The third kappa shape index (κ3) is 38.0. The van der Waals surface area contributed by atoms with Gasteiger partial charge in [-0.2, -0.15) is 0 Å².